The van der Waals surface area contributed by atoms with Crippen molar-refractivity contribution in [2.75, 3.05) is 25.6 Å². The molecule has 5 nitrogen and oxygen atoms in total. The number of hydrogen-bond donors (Lipinski definition) is 1. The average Bonchev–Trinajstić information content (AvgIpc) is 2.47. The van der Waals surface area contributed by atoms with Gasteiger partial charge < -0.3 is 14.8 Å². The van der Waals surface area contributed by atoms with E-state index in [4.69, 9.17) is 9.47 Å². The Labute approximate surface area is 125 Å². The van der Waals surface area contributed by atoms with Crippen molar-refractivity contribution in [1.29, 1.82) is 0 Å². The monoisotopic (exact) mass is 287 g/mol. The molecule has 0 saturated carbocycles. The lowest BCUT2D eigenvalue weighted by Crippen LogP contribution is -2.09. The zero-order valence-electron chi connectivity index (χ0n) is 12.7. The van der Waals surface area contributed by atoms with Crippen LogP contribution in [0.2, 0.25) is 0 Å². The minimum absolute atomic E-state index is 0.594. The summed E-state index contributed by atoms with van der Waals surface area (Å²) in [5.41, 5.74) is 1.17. The van der Waals surface area contributed by atoms with Gasteiger partial charge in [0.2, 0.25) is 5.88 Å². The molecular formula is C16H21N3O2. The minimum Gasteiger partial charge on any atom is -0.496 e. The molecule has 0 aliphatic carbocycles. The molecule has 0 saturated heterocycles. The molecular weight excluding hydrogens is 266 g/mol. The van der Waals surface area contributed by atoms with Crippen LogP contribution in [0.3, 0.4) is 0 Å². The molecule has 0 radical (unpaired) electrons. The van der Waals surface area contributed by atoms with Gasteiger partial charge in [-0.3, -0.25) is 0 Å². The van der Waals surface area contributed by atoms with Crippen molar-refractivity contribution in [2.24, 2.45) is 0 Å². The highest BCUT2D eigenvalue weighted by atomic mass is 16.5. The average molecular weight is 287 g/mol. The maximum atomic E-state index is 5.42. The third kappa shape index (κ3) is 4.34. The second-order valence-electron chi connectivity index (χ2n) is 4.56. The van der Waals surface area contributed by atoms with Gasteiger partial charge in [-0.25, -0.2) is 4.98 Å². The van der Waals surface area contributed by atoms with Crippen LogP contribution in [0.25, 0.3) is 0 Å². The smallest absolute Gasteiger partial charge is 0.218 e. The summed E-state index contributed by atoms with van der Waals surface area (Å²) in [6.07, 6.45) is 0.858. The second kappa shape index (κ2) is 7.47. The summed E-state index contributed by atoms with van der Waals surface area (Å²) in [6, 6.07) is 9.84. The Bertz CT molecular complexity index is 587. The van der Waals surface area contributed by atoms with Crippen molar-refractivity contribution in [1.82, 2.24) is 9.97 Å². The summed E-state index contributed by atoms with van der Waals surface area (Å²) < 4.78 is 10.8. The summed E-state index contributed by atoms with van der Waals surface area (Å²) in [6.45, 7) is 5.15. The zero-order chi connectivity index (χ0) is 15.1. The lowest BCUT2D eigenvalue weighted by Gasteiger charge is -2.10. The SMILES string of the molecule is CCOc1cc(NCCc2ccccc2OC)nc(C)n1. The number of benzene rings is 1. The fourth-order valence-corrected chi connectivity index (χ4v) is 2.09. The van der Waals surface area contributed by atoms with E-state index >= 15 is 0 Å². The van der Waals surface area contributed by atoms with E-state index in [1.807, 2.05) is 38.1 Å². The quantitative estimate of drug-likeness (QED) is 0.848. The van der Waals surface area contributed by atoms with E-state index in [0.717, 1.165) is 24.5 Å². The first-order valence-electron chi connectivity index (χ1n) is 7.07. The van der Waals surface area contributed by atoms with Gasteiger partial charge in [-0.15, -0.1) is 0 Å². The molecule has 0 unspecified atom stereocenters. The molecule has 1 aromatic carbocycles. The lowest BCUT2D eigenvalue weighted by molar-refractivity contribution is 0.325. The Kier molecular flexibility index (Phi) is 5.37. The van der Waals surface area contributed by atoms with Gasteiger partial charge >= 0.3 is 0 Å². The van der Waals surface area contributed by atoms with Crippen LogP contribution < -0.4 is 14.8 Å². The summed E-state index contributed by atoms with van der Waals surface area (Å²) in [5.74, 6) is 2.99. The van der Waals surface area contributed by atoms with E-state index in [2.05, 4.69) is 21.4 Å². The predicted octanol–water partition coefficient (Wildman–Crippen LogP) is 2.85. The molecule has 2 rings (SSSR count). The molecule has 0 fully saturated rings. The van der Waals surface area contributed by atoms with Gasteiger partial charge in [0.15, 0.2) is 0 Å². The number of hydrogen-bond acceptors (Lipinski definition) is 5. The maximum absolute atomic E-state index is 5.42. The standard InChI is InChI=1S/C16H21N3O2/c1-4-21-16-11-15(18-12(2)19-16)17-10-9-13-7-5-6-8-14(13)20-3/h5-8,11H,4,9-10H2,1-3H3,(H,17,18,19). The van der Waals surface area contributed by atoms with Crippen molar-refractivity contribution in [3.63, 3.8) is 0 Å². The van der Waals surface area contributed by atoms with Crippen LogP contribution >= 0.6 is 0 Å². The lowest BCUT2D eigenvalue weighted by atomic mass is 10.1. The van der Waals surface area contributed by atoms with Gasteiger partial charge in [0.05, 0.1) is 13.7 Å². The van der Waals surface area contributed by atoms with Gasteiger partial charge in [-0.1, -0.05) is 18.2 Å². The molecule has 21 heavy (non-hydrogen) atoms. The fraction of sp³-hybridized carbons (Fsp3) is 0.375. The maximum Gasteiger partial charge on any atom is 0.218 e. The third-order valence-electron chi connectivity index (χ3n) is 3.00. The van der Waals surface area contributed by atoms with Gasteiger partial charge in [0, 0.05) is 12.6 Å². The van der Waals surface area contributed by atoms with Crippen LogP contribution in [0.4, 0.5) is 5.82 Å². The van der Waals surface area contributed by atoms with Crippen LogP contribution in [0.1, 0.15) is 18.3 Å². The molecule has 0 amide bonds. The highest BCUT2D eigenvalue weighted by Crippen LogP contribution is 2.18. The van der Waals surface area contributed by atoms with Crippen LogP contribution in [-0.2, 0) is 6.42 Å². The summed E-state index contributed by atoms with van der Waals surface area (Å²) in [4.78, 5) is 8.58. The van der Waals surface area contributed by atoms with Crippen molar-refractivity contribution >= 4 is 5.82 Å². The molecule has 0 atom stereocenters. The van der Waals surface area contributed by atoms with E-state index < -0.39 is 0 Å². The first-order chi connectivity index (χ1) is 10.2. The van der Waals surface area contributed by atoms with Crippen molar-refractivity contribution in [3.8, 4) is 11.6 Å². The normalized spacial score (nSPS) is 10.2. The van der Waals surface area contributed by atoms with Gasteiger partial charge in [-0.2, -0.15) is 4.98 Å². The van der Waals surface area contributed by atoms with Gasteiger partial charge in [0.25, 0.3) is 0 Å². The molecule has 0 spiro atoms. The van der Waals surface area contributed by atoms with Crippen molar-refractivity contribution in [2.45, 2.75) is 20.3 Å². The summed E-state index contributed by atoms with van der Waals surface area (Å²) in [5, 5.41) is 3.30. The van der Waals surface area contributed by atoms with E-state index in [-0.39, 0.29) is 0 Å². The number of aromatic nitrogens is 2. The molecule has 1 N–H and O–H groups in total. The van der Waals surface area contributed by atoms with E-state index in [1.54, 1.807) is 7.11 Å². The number of para-hydroxylation sites is 1. The van der Waals surface area contributed by atoms with Crippen LogP contribution in [0.5, 0.6) is 11.6 Å². The van der Waals surface area contributed by atoms with Gasteiger partial charge in [0.1, 0.15) is 17.4 Å². The largest absolute Gasteiger partial charge is 0.496 e. The Morgan fingerprint density at radius 3 is 2.76 bits per heavy atom. The minimum atomic E-state index is 0.594. The first kappa shape index (κ1) is 15.1. The third-order valence-corrected chi connectivity index (χ3v) is 3.00. The van der Waals surface area contributed by atoms with Crippen LogP contribution in [-0.4, -0.2) is 30.2 Å². The summed E-state index contributed by atoms with van der Waals surface area (Å²) >= 11 is 0. The van der Waals surface area contributed by atoms with E-state index in [0.29, 0.717) is 18.3 Å². The van der Waals surface area contributed by atoms with Crippen LogP contribution in [0, 0.1) is 6.92 Å². The molecule has 1 heterocycles. The summed E-state index contributed by atoms with van der Waals surface area (Å²) in [7, 11) is 1.69. The number of methoxy groups -OCH3 is 1. The number of ether oxygens (including phenoxy) is 2. The highest BCUT2D eigenvalue weighted by molar-refractivity contribution is 5.39. The Morgan fingerprint density at radius 1 is 1.19 bits per heavy atom. The number of anilines is 1. The first-order valence-corrected chi connectivity index (χ1v) is 7.07. The van der Waals surface area contributed by atoms with Crippen molar-refractivity contribution < 1.29 is 9.47 Å². The van der Waals surface area contributed by atoms with Crippen LogP contribution in [0.15, 0.2) is 30.3 Å². The highest BCUT2D eigenvalue weighted by Gasteiger charge is 2.04. The number of nitrogens with one attached hydrogen (secondary N) is 1. The molecule has 112 valence electrons. The molecule has 5 heteroatoms. The molecule has 0 aliphatic heterocycles. The second-order valence-corrected chi connectivity index (χ2v) is 4.56. The number of nitrogens with zero attached hydrogens (tertiary/aromatic N) is 2. The Balaban J connectivity index is 1.97. The number of aryl methyl sites for hydroxylation is 1. The fourth-order valence-electron chi connectivity index (χ4n) is 2.09. The molecule has 2 aromatic rings. The number of rotatable bonds is 7. The van der Waals surface area contributed by atoms with Gasteiger partial charge in [-0.05, 0) is 31.9 Å². The van der Waals surface area contributed by atoms with E-state index in [1.165, 1.54) is 5.56 Å². The topological polar surface area (TPSA) is 56.3 Å². The molecule has 1 aromatic heterocycles. The Hall–Kier alpha value is -2.30. The van der Waals surface area contributed by atoms with E-state index in [9.17, 15) is 0 Å². The van der Waals surface area contributed by atoms with Crippen molar-refractivity contribution in [3.05, 3.63) is 41.7 Å². The predicted molar refractivity (Wildman–Crippen MR) is 83.1 cm³/mol. The molecule has 0 bridgehead atoms. The Morgan fingerprint density at radius 2 is 2.00 bits per heavy atom. The zero-order valence-corrected chi connectivity index (χ0v) is 12.7. The molecule has 0 aliphatic rings.